The monoisotopic (exact) mass is 471 g/mol. The molecular formula is C22H25N5O5S. The number of ether oxygens (including phenoxy) is 1. The summed E-state index contributed by atoms with van der Waals surface area (Å²) in [5.41, 5.74) is 1.45. The Bertz CT molecular complexity index is 1040. The molecule has 0 fully saturated rings. The van der Waals surface area contributed by atoms with E-state index in [0.29, 0.717) is 23.8 Å². The van der Waals surface area contributed by atoms with E-state index in [9.17, 15) is 14.4 Å². The Hall–Kier alpha value is -3.57. The molecule has 0 saturated heterocycles. The molecular weight excluding hydrogens is 446 g/mol. The molecule has 0 bridgehead atoms. The van der Waals surface area contributed by atoms with E-state index in [1.54, 1.807) is 17.6 Å². The molecule has 0 radical (unpaired) electrons. The van der Waals surface area contributed by atoms with Gasteiger partial charge in [-0.05, 0) is 24.3 Å². The van der Waals surface area contributed by atoms with Gasteiger partial charge >= 0.3 is 0 Å². The van der Waals surface area contributed by atoms with Crippen LogP contribution in [0.25, 0.3) is 0 Å². The maximum Gasteiger partial charge on any atom is 0.290 e. The van der Waals surface area contributed by atoms with Crippen LogP contribution in [-0.4, -0.2) is 65.9 Å². The number of pyridine rings is 1. The molecule has 0 aliphatic rings. The van der Waals surface area contributed by atoms with Gasteiger partial charge in [-0.1, -0.05) is 6.07 Å². The van der Waals surface area contributed by atoms with Crippen LogP contribution in [0.15, 0.2) is 52.6 Å². The summed E-state index contributed by atoms with van der Waals surface area (Å²) < 4.78 is 10.2. The second kappa shape index (κ2) is 12.5. The number of thiazole rings is 1. The van der Waals surface area contributed by atoms with E-state index in [1.807, 2.05) is 18.2 Å². The number of methoxy groups -OCH3 is 1. The molecule has 2 N–H and O–H groups in total. The lowest BCUT2D eigenvalue weighted by Crippen LogP contribution is -2.39. The number of anilines is 1. The number of carbonyl (C=O) groups is 3. The van der Waals surface area contributed by atoms with E-state index in [-0.39, 0.29) is 37.8 Å². The van der Waals surface area contributed by atoms with E-state index in [4.69, 9.17) is 9.15 Å². The summed E-state index contributed by atoms with van der Waals surface area (Å²) in [4.78, 5) is 47.0. The van der Waals surface area contributed by atoms with Crippen molar-refractivity contribution >= 4 is 34.2 Å². The molecule has 3 rings (SSSR count). The van der Waals surface area contributed by atoms with Gasteiger partial charge in [0.25, 0.3) is 5.91 Å². The summed E-state index contributed by atoms with van der Waals surface area (Å²) in [7, 11) is 1.52. The normalized spacial score (nSPS) is 10.6. The number of carbonyl (C=O) groups excluding carboxylic acids is 3. The Morgan fingerprint density at radius 1 is 1.15 bits per heavy atom. The average molecular weight is 472 g/mol. The van der Waals surface area contributed by atoms with Crippen molar-refractivity contribution < 1.29 is 23.5 Å². The lowest BCUT2D eigenvalue weighted by Gasteiger charge is -2.20. The van der Waals surface area contributed by atoms with E-state index in [0.717, 1.165) is 5.69 Å². The van der Waals surface area contributed by atoms with Gasteiger partial charge in [-0.2, -0.15) is 0 Å². The summed E-state index contributed by atoms with van der Waals surface area (Å²) in [6.07, 6.45) is 3.85. The number of amides is 3. The summed E-state index contributed by atoms with van der Waals surface area (Å²) in [5.74, 6) is -0.838. The van der Waals surface area contributed by atoms with Crippen LogP contribution >= 0.6 is 11.3 Å². The zero-order chi connectivity index (χ0) is 23.5. The standard InChI is InChI=1S/C22H25N5O5S/c1-31-12-10-27(21(30)18-6-4-11-32-18)14-20(29)26-22-25-17(15-33-22)13-19(28)24-9-7-16-5-2-3-8-23-16/h2-6,8,11,15H,7,9-10,12-14H2,1H3,(H,24,28)(H,25,26,29). The highest BCUT2D eigenvalue weighted by Gasteiger charge is 2.21. The first-order chi connectivity index (χ1) is 16.0. The molecule has 3 heterocycles. The molecule has 0 aliphatic heterocycles. The van der Waals surface area contributed by atoms with Crippen LogP contribution in [0.3, 0.4) is 0 Å². The number of hydrogen-bond acceptors (Lipinski definition) is 8. The lowest BCUT2D eigenvalue weighted by molar-refractivity contribution is -0.120. The third-order valence-corrected chi connectivity index (χ3v) is 5.29. The smallest absolute Gasteiger partial charge is 0.290 e. The van der Waals surface area contributed by atoms with Crippen LogP contribution in [-0.2, 0) is 27.2 Å². The fourth-order valence-electron chi connectivity index (χ4n) is 2.89. The largest absolute Gasteiger partial charge is 0.459 e. The second-order valence-electron chi connectivity index (χ2n) is 6.99. The highest BCUT2D eigenvalue weighted by Crippen LogP contribution is 2.16. The van der Waals surface area contributed by atoms with Crippen LogP contribution in [0.4, 0.5) is 5.13 Å². The van der Waals surface area contributed by atoms with Crippen LogP contribution in [0.2, 0.25) is 0 Å². The van der Waals surface area contributed by atoms with Gasteiger partial charge in [0, 0.05) is 43.9 Å². The SMILES string of the molecule is COCCN(CC(=O)Nc1nc(CC(=O)NCCc2ccccn2)cs1)C(=O)c1ccco1. The molecule has 3 aromatic rings. The zero-order valence-electron chi connectivity index (χ0n) is 18.2. The van der Waals surface area contributed by atoms with Crippen molar-refractivity contribution in [1.29, 1.82) is 0 Å². The maximum atomic E-state index is 12.5. The first kappa shape index (κ1) is 24.1. The average Bonchev–Trinajstić information content (AvgIpc) is 3.49. The first-order valence-electron chi connectivity index (χ1n) is 10.3. The molecule has 0 saturated carbocycles. The molecule has 10 nitrogen and oxygen atoms in total. The van der Waals surface area contributed by atoms with E-state index >= 15 is 0 Å². The number of hydrogen-bond donors (Lipinski definition) is 2. The van der Waals surface area contributed by atoms with Gasteiger partial charge in [0.05, 0.1) is 25.0 Å². The highest BCUT2D eigenvalue weighted by molar-refractivity contribution is 7.13. The van der Waals surface area contributed by atoms with Crippen molar-refractivity contribution in [2.45, 2.75) is 12.8 Å². The van der Waals surface area contributed by atoms with Crippen LogP contribution in [0, 0.1) is 0 Å². The number of aromatic nitrogens is 2. The highest BCUT2D eigenvalue weighted by atomic mass is 32.1. The van der Waals surface area contributed by atoms with Crippen molar-refractivity contribution in [3.05, 3.63) is 65.3 Å². The van der Waals surface area contributed by atoms with Crippen LogP contribution in [0.5, 0.6) is 0 Å². The summed E-state index contributed by atoms with van der Waals surface area (Å²) in [6, 6.07) is 8.79. The third kappa shape index (κ3) is 7.81. The van der Waals surface area contributed by atoms with Crippen molar-refractivity contribution in [2.24, 2.45) is 0 Å². The molecule has 0 spiro atoms. The molecule has 0 aliphatic carbocycles. The minimum atomic E-state index is -0.410. The molecule has 0 aromatic carbocycles. The quantitative estimate of drug-likeness (QED) is 0.412. The molecule has 11 heteroatoms. The Kier molecular flexibility index (Phi) is 9.09. The Balaban J connectivity index is 1.46. The van der Waals surface area contributed by atoms with Crippen molar-refractivity contribution in [3.63, 3.8) is 0 Å². The van der Waals surface area contributed by atoms with Crippen molar-refractivity contribution in [3.8, 4) is 0 Å². The lowest BCUT2D eigenvalue weighted by atomic mass is 10.2. The first-order valence-corrected chi connectivity index (χ1v) is 11.2. The van der Waals surface area contributed by atoms with Crippen molar-refractivity contribution in [1.82, 2.24) is 20.2 Å². The Labute approximate surface area is 195 Å². The Morgan fingerprint density at radius 2 is 2.03 bits per heavy atom. The summed E-state index contributed by atoms with van der Waals surface area (Å²) in [6.45, 7) is 0.790. The van der Waals surface area contributed by atoms with E-state index < -0.39 is 11.8 Å². The molecule has 174 valence electrons. The minimum Gasteiger partial charge on any atom is -0.459 e. The fraction of sp³-hybridized carbons (Fsp3) is 0.318. The molecule has 0 unspecified atom stereocenters. The zero-order valence-corrected chi connectivity index (χ0v) is 19.0. The third-order valence-electron chi connectivity index (χ3n) is 4.49. The number of nitrogens with zero attached hydrogens (tertiary/aromatic N) is 3. The van der Waals surface area contributed by atoms with Gasteiger partial charge in [0.2, 0.25) is 11.8 Å². The van der Waals surface area contributed by atoms with Gasteiger partial charge in [0.15, 0.2) is 10.9 Å². The minimum absolute atomic E-state index is 0.103. The van der Waals surface area contributed by atoms with E-state index in [2.05, 4.69) is 20.6 Å². The van der Waals surface area contributed by atoms with Gasteiger partial charge in [-0.3, -0.25) is 19.4 Å². The number of furan rings is 1. The van der Waals surface area contributed by atoms with Crippen molar-refractivity contribution in [2.75, 3.05) is 38.7 Å². The van der Waals surface area contributed by atoms with Gasteiger partial charge in [0.1, 0.15) is 6.54 Å². The van der Waals surface area contributed by atoms with Gasteiger partial charge in [-0.15, -0.1) is 11.3 Å². The van der Waals surface area contributed by atoms with Gasteiger partial charge in [-0.25, -0.2) is 4.98 Å². The maximum absolute atomic E-state index is 12.5. The summed E-state index contributed by atoms with van der Waals surface area (Å²) >= 11 is 1.21. The number of rotatable bonds is 12. The topological polar surface area (TPSA) is 127 Å². The van der Waals surface area contributed by atoms with Crippen LogP contribution in [0.1, 0.15) is 21.9 Å². The van der Waals surface area contributed by atoms with Gasteiger partial charge < -0.3 is 24.7 Å². The Morgan fingerprint density at radius 3 is 2.76 bits per heavy atom. The predicted octanol–water partition coefficient (Wildman–Crippen LogP) is 1.76. The number of nitrogens with one attached hydrogen (secondary N) is 2. The molecule has 3 aromatic heterocycles. The molecule has 33 heavy (non-hydrogen) atoms. The molecule has 3 amide bonds. The second-order valence-corrected chi connectivity index (χ2v) is 7.84. The summed E-state index contributed by atoms with van der Waals surface area (Å²) in [5, 5.41) is 7.57. The van der Waals surface area contributed by atoms with E-state index in [1.165, 1.54) is 35.7 Å². The predicted molar refractivity (Wildman–Crippen MR) is 122 cm³/mol. The fourth-order valence-corrected chi connectivity index (χ4v) is 3.62. The van der Waals surface area contributed by atoms with Crippen LogP contribution < -0.4 is 10.6 Å². The molecule has 0 atom stereocenters.